The number of halogens is 1. The summed E-state index contributed by atoms with van der Waals surface area (Å²) in [5.41, 5.74) is 5.49. The molecule has 3 N–H and O–H groups in total. The Bertz CT molecular complexity index is 708. The quantitative estimate of drug-likeness (QED) is 0.837. The third-order valence-electron chi connectivity index (χ3n) is 2.67. The lowest BCUT2D eigenvalue weighted by atomic mass is 10.2. The first kappa shape index (κ1) is 15.0. The van der Waals surface area contributed by atoms with Gasteiger partial charge in [-0.3, -0.25) is 14.4 Å². The number of hydrogen-bond donors (Lipinski definition) is 2. The molecular weight excluding hydrogens is 344 g/mol. The van der Waals surface area contributed by atoms with E-state index in [1.54, 1.807) is 18.2 Å². The van der Waals surface area contributed by atoms with E-state index in [1.165, 1.54) is 6.07 Å². The van der Waals surface area contributed by atoms with E-state index in [4.69, 9.17) is 15.3 Å². The van der Waals surface area contributed by atoms with E-state index in [9.17, 15) is 14.4 Å². The molecule has 0 atom stereocenters. The van der Waals surface area contributed by atoms with Gasteiger partial charge in [0.15, 0.2) is 5.76 Å². The zero-order valence-corrected chi connectivity index (χ0v) is 12.3. The molecule has 0 aliphatic carbocycles. The molecule has 0 saturated heterocycles. The van der Waals surface area contributed by atoms with E-state index < -0.39 is 30.9 Å². The van der Waals surface area contributed by atoms with Gasteiger partial charge in [-0.05, 0) is 28.1 Å². The number of hydrogen-bond acceptors (Lipinski definition) is 4. The Kier molecular flexibility index (Phi) is 4.27. The highest BCUT2D eigenvalue weighted by Gasteiger charge is 2.23. The maximum absolute atomic E-state index is 12.2. The number of carboxylic acids is 1. The van der Waals surface area contributed by atoms with Crippen molar-refractivity contribution in [3.8, 4) is 0 Å². The third kappa shape index (κ3) is 3.40. The first-order chi connectivity index (χ1) is 9.88. The highest BCUT2D eigenvalue weighted by Crippen LogP contribution is 2.27. The average Bonchev–Trinajstić information content (AvgIpc) is 2.81. The van der Waals surface area contributed by atoms with Gasteiger partial charge in [0.25, 0.3) is 5.91 Å². The lowest BCUT2D eigenvalue weighted by Crippen LogP contribution is -2.41. The Balaban J connectivity index is 2.35. The fourth-order valence-corrected chi connectivity index (χ4v) is 2.30. The van der Waals surface area contributed by atoms with Crippen LogP contribution in [0.2, 0.25) is 0 Å². The van der Waals surface area contributed by atoms with Crippen LogP contribution in [0, 0.1) is 0 Å². The van der Waals surface area contributed by atoms with E-state index in [-0.39, 0.29) is 5.76 Å². The number of rotatable bonds is 5. The number of carboxylic acid groups (broad SMARTS) is 1. The van der Waals surface area contributed by atoms with Gasteiger partial charge in [0, 0.05) is 5.39 Å². The third-order valence-corrected chi connectivity index (χ3v) is 3.29. The Hall–Kier alpha value is -2.35. The highest BCUT2D eigenvalue weighted by molar-refractivity contribution is 9.10. The van der Waals surface area contributed by atoms with Crippen LogP contribution in [0.1, 0.15) is 10.6 Å². The van der Waals surface area contributed by atoms with E-state index >= 15 is 0 Å². The Morgan fingerprint density at radius 1 is 1.29 bits per heavy atom. The molecule has 8 heteroatoms. The highest BCUT2D eigenvalue weighted by atomic mass is 79.9. The van der Waals surface area contributed by atoms with Crippen molar-refractivity contribution < 1.29 is 23.9 Å². The van der Waals surface area contributed by atoms with Gasteiger partial charge in [0.05, 0.1) is 4.47 Å². The van der Waals surface area contributed by atoms with Crippen molar-refractivity contribution in [1.82, 2.24) is 4.90 Å². The number of para-hydroxylation sites is 1. The fraction of sp³-hybridized carbons (Fsp3) is 0.154. The zero-order chi connectivity index (χ0) is 15.6. The molecule has 1 heterocycles. The predicted octanol–water partition coefficient (Wildman–Crippen LogP) is 1.21. The molecule has 1 aromatic carbocycles. The van der Waals surface area contributed by atoms with E-state index in [0.29, 0.717) is 15.4 Å². The largest absolute Gasteiger partial charge is 0.480 e. The van der Waals surface area contributed by atoms with Gasteiger partial charge in [-0.25, -0.2) is 0 Å². The molecule has 2 aromatic rings. The summed E-state index contributed by atoms with van der Waals surface area (Å²) < 4.78 is 6.09. The summed E-state index contributed by atoms with van der Waals surface area (Å²) in [7, 11) is 0. The summed E-state index contributed by atoms with van der Waals surface area (Å²) in [5.74, 6) is -2.82. The smallest absolute Gasteiger partial charge is 0.323 e. The minimum atomic E-state index is -1.25. The molecule has 7 nitrogen and oxygen atoms in total. The fourth-order valence-electron chi connectivity index (χ4n) is 1.84. The molecule has 2 rings (SSSR count). The summed E-state index contributed by atoms with van der Waals surface area (Å²) in [4.78, 5) is 34.8. The van der Waals surface area contributed by atoms with Gasteiger partial charge in [-0.2, -0.15) is 0 Å². The molecular formula is C13H11BrN2O5. The second-order valence-electron chi connectivity index (χ2n) is 4.29. The molecule has 2 amide bonds. The van der Waals surface area contributed by atoms with E-state index in [0.717, 1.165) is 4.90 Å². The van der Waals surface area contributed by atoms with Crippen molar-refractivity contribution in [2.75, 3.05) is 13.1 Å². The molecule has 110 valence electrons. The molecule has 0 aliphatic heterocycles. The van der Waals surface area contributed by atoms with Crippen molar-refractivity contribution in [3.05, 3.63) is 34.5 Å². The molecule has 0 aliphatic rings. The van der Waals surface area contributed by atoms with Crippen LogP contribution in [0.25, 0.3) is 11.0 Å². The molecule has 0 radical (unpaired) electrons. The summed E-state index contributed by atoms with van der Waals surface area (Å²) in [5, 5.41) is 9.47. The van der Waals surface area contributed by atoms with Crippen LogP contribution in [0.5, 0.6) is 0 Å². The number of carbonyl (C=O) groups excluding carboxylic acids is 2. The van der Waals surface area contributed by atoms with Crippen LogP contribution >= 0.6 is 15.9 Å². The molecule has 0 saturated carbocycles. The number of carbonyl (C=O) groups is 3. The second kappa shape index (κ2) is 5.96. The number of primary amides is 1. The number of amides is 2. The predicted molar refractivity (Wildman–Crippen MR) is 76.6 cm³/mol. The monoisotopic (exact) mass is 354 g/mol. The Morgan fingerprint density at radius 2 is 2.00 bits per heavy atom. The van der Waals surface area contributed by atoms with Gasteiger partial charge >= 0.3 is 5.97 Å². The van der Waals surface area contributed by atoms with Crippen molar-refractivity contribution in [2.45, 2.75) is 0 Å². The molecule has 0 fully saturated rings. The number of nitrogens with two attached hydrogens (primary N) is 1. The van der Waals surface area contributed by atoms with Gasteiger partial charge in [0.2, 0.25) is 5.91 Å². The van der Waals surface area contributed by atoms with Crippen LogP contribution in [-0.4, -0.2) is 40.9 Å². The van der Waals surface area contributed by atoms with Crippen molar-refractivity contribution in [1.29, 1.82) is 0 Å². The van der Waals surface area contributed by atoms with E-state index in [2.05, 4.69) is 15.9 Å². The lowest BCUT2D eigenvalue weighted by Gasteiger charge is -2.17. The SMILES string of the molecule is NC(=O)CN(CC(=O)O)C(=O)c1cc2cccc(Br)c2o1. The van der Waals surface area contributed by atoms with Gasteiger partial charge in [-0.15, -0.1) is 0 Å². The van der Waals surface area contributed by atoms with Crippen molar-refractivity contribution >= 4 is 44.7 Å². The summed E-state index contributed by atoms with van der Waals surface area (Å²) in [6, 6.07) is 6.75. The number of nitrogens with zero attached hydrogens (tertiary/aromatic N) is 1. The van der Waals surface area contributed by atoms with Crippen LogP contribution < -0.4 is 5.73 Å². The molecule has 0 spiro atoms. The summed E-state index contributed by atoms with van der Waals surface area (Å²) >= 11 is 3.29. The Labute approximate surface area is 127 Å². The number of furan rings is 1. The average molecular weight is 355 g/mol. The summed E-state index contributed by atoms with van der Waals surface area (Å²) in [6.07, 6.45) is 0. The minimum Gasteiger partial charge on any atom is -0.480 e. The molecule has 1 aromatic heterocycles. The first-order valence-corrected chi connectivity index (χ1v) is 6.65. The topological polar surface area (TPSA) is 114 Å². The first-order valence-electron chi connectivity index (χ1n) is 5.86. The molecule has 0 unspecified atom stereocenters. The van der Waals surface area contributed by atoms with Crippen LogP contribution in [0.4, 0.5) is 0 Å². The maximum atomic E-state index is 12.2. The minimum absolute atomic E-state index is 0.0561. The Morgan fingerprint density at radius 3 is 2.57 bits per heavy atom. The van der Waals surface area contributed by atoms with Gasteiger partial charge in [0.1, 0.15) is 18.7 Å². The van der Waals surface area contributed by atoms with E-state index in [1.807, 2.05) is 0 Å². The number of aliphatic carboxylic acids is 1. The molecule has 21 heavy (non-hydrogen) atoms. The lowest BCUT2D eigenvalue weighted by molar-refractivity contribution is -0.138. The number of benzene rings is 1. The van der Waals surface area contributed by atoms with Crippen molar-refractivity contribution in [3.63, 3.8) is 0 Å². The molecule has 0 bridgehead atoms. The van der Waals surface area contributed by atoms with Crippen molar-refractivity contribution in [2.24, 2.45) is 5.73 Å². The van der Waals surface area contributed by atoms with Crippen LogP contribution in [-0.2, 0) is 9.59 Å². The normalized spacial score (nSPS) is 10.5. The van der Waals surface area contributed by atoms with Crippen LogP contribution in [0.3, 0.4) is 0 Å². The standard InChI is InChI=1S/C13H11BrN2O5/c14-8-3-1-2-7-4-9(21-12(7)8)13(20)16(5-10(15)17)6-11(18)19/h1-4H,5-6H2,(H2,15,17)(H,18,19). The maximum Gasteiger partial charge on any atom is 0.323 e. The van der Waals surface area contributed by atoms with Gasteiger partial charge in [-0.1, -0.05) is 12.1 Å². The summed E-state index contributed by atoms with van der Waals surface area (Å²) in [6.45, 7) is -1.14. The zero-order valence-electron chi connectivity index (χ0n) is 10.7. The number of fused-ring (bicyclic) bond motifs is 1. The second-order valence-corrected chi connectivity index (χ2v) is 5.14. The van der Waals surface area contributed by atoms with Gasteiger partial charge < -0.3 is 20.2 Å². The van der Waals surface area contributed by atoms with Crippen LogP contribution in [0.15, 0.2) is 33.2 Å².